The van der Waals surface area contributed by atoms with Crippen LogP contribution in [0.2, 0.25) is 0 Å². The highest BCUT2D eigenvalue weighted by atomic mass is 32.2. The van der Waals surface area contributed by atoms with Crippen molar-refractivity contribution in [2.45, 2.75) is 11.4 Å². The first-order chi connectivity index (χ1) is 12.4. The van der Waals surface area contributed by atoms with Crippen molar-refractivity contribution < 1.29 is 13.2 Å². The highest BCUT2D eigenvalue weighted by Gasteiger charge is 2.08. The largest absolute Gasteiger partial charge is 0.332 e. The van der Waals surface area contributed by atoms with Crippen LogP contribution in [0.3, 0.4) is 0 Å². The minimum absolute atomic E-state index is 0.0186. The molecule has 3 aromatic rings. The van der Waals surface area contributed by atoms with Crippen molar-refractivity contribution in [1.29, 1.82) is 0 Å². The van der Waals surface area contributed by atoms with Gasteiger partial charge in [0.05, 0.1) is 22.8 Å². The zero-order valence-electron chi connectivity index (χ0n) is 13.7. The lowest BCUT2D eigenvalue weighted by Gasteiger charge is -2.07. The summed E-state index contributed by atoms with van der Waals surface area (Å²) in [5.74, 6) is 0. The minimum atomic E-state index is -3.75. The number of hydrogen-bond acceptors (Lipinski definition) is 4. The molecule has 26 heavy (non-hydrogen) atoms. The Kier molecular flexibility index (Phi) is 5.01. The van der Waals surface area contributed by atoms with Crippen molar-refractivity contribution in [3.63, 3.8) is 0 Å². The predicted molar refractivity (Wildman–Crippen MR) is 97.2 cm³/mol. The van der Waals surface area contributed by atoms with E-state index >= 15 is 0 Å². The number of amides is 2. The molecule has 0 aliphatic rings. The lowest BCUT2D eigenvalue weighted by molar-refractivity contribution is 0.251. The molecular weight excluding hydrogens is 354 g/mol. The van der Waals surface area contributed by atoms with E-state index in [-0.39, 0.29) is 11.4 Å². The molecule has 1 aromatic heterocycles. The summed E-state index contributed by atoms with van der Waals surface area (Å²) >= 11 is 0. The van der Waals surface area contributed by atoms with E-state index in [1.54, 1.807) is 4.68 Å². The Morgan fingerprint density at radius 3 is 2.38 bits per heavy atom. The fourth-order valence-corrected chi connectivity index (χ4v) is 2.77. The molecule has 0 aliphatic heterocycles. The molecule has 4 N–H and O–H groups in total. The van der Waals surface area contributed by atoms with Crippen LogP contribution in [-0.4, -0.2) is 24.2 Å². The van der Waals surface area contributed by atoms with Crippen molar-refractivity contribution >= 4 is 21.7 Å². The number of nitrogens with zero attached hydrogens (tertiary/aromatic N) is 2. The highest BCUT2D eigenvalue weighted by Crippen LogP contribution is 2.12. The molecule has 0 aliphatic carbocycles. The lowest BCUT2D eigenvalue weighted by atomic mass is 10.3. The molecule has 0 saturated heterocycles. The number of urea groups is 1. The molecule has 0 spiro atoms. The molecule has 8 nitrogen and oxygen atoms in total. The number of para-hydroxylation sites is 1. The third-order valence-corrected chi connectivity index (χ3v) is 4.47. The molecule has 0 fully saturated rings. The Balaban J connectivity index is 1.55. The van der Waals surface area contributed by atoms with Gasteiger partial charge in [-0.15, -0.1) is 0 Å². The summed E-state index contributed by atoms with van der Waals surface area (Å²) in [6, 6.07) is 16.6. The van der Waals surface area contributed by atoms with Gasteiger partial charge in [0.25, 0.3) is 0 Å². The second kappa shape index (κ2) is 7.38. The quantitative estimate of drug-likeness (QED) is 0.634. The van der Waals surface area contributed by atoms with Crippen LogP contribution in [0.5, 0.6) is 0 Å². The van der Waals surface area contributed by atoms with E-state index in [1.165, 1.54) is 24.3 Å². The maximum absolute atomic E-state index is 11.9. The second-order valence-electron chi connectivity index (χ2n) is 5.46. The van der Waals surface area contributed by atoms with Gasteiger partial charge in [0, 0.05) is 11.9 Å². The van der Waals surface area contributed by atoms with Gasteiger partial charge in [-0.2, -0.15) is 5.10 Å². The number of aromatic nitrogens is 2. The second-order valence-corrected chi connectivity index (χ2v) is 7.03. The Labute approximate surface area is 150 Å². The third kappa shape index (κ3) is 4.47. The smallest absolute Gasteiger partial charge is 0.319 e. The van der Waals surface area contributed by atoms with Gasteiger partial charge in [-0.1, -0.05) is 18.2 Å². The number of primary sulfonamides is 1. The predicted octanol–water partition coefficient (Wildman–Crippen LogP) is 1.84. The molecule has 3 rings (SSSR count). The van der Waals surface area contributed by atoms with Crippen molar-refractivity contribution in [2.24, 2.45) is 5.14 Å². The highest BCUT2D eigenvalue weighted by molar-refractivity contribution is 7.89. The van der Waals surface area contributed by atoms with Crippen LogP contribution in [0.1, 0.15) is 5.69 Å². The van der Waals surface area contributed by atoms with E-state index in [2.05, 4.69) is 15.7 Å². The molecule has 0 unspecified atom stereocenters. The summed E-state index contributed by atoms with van der Waals surface area (Å²) in [5.41, 5.74) is 2.08. The normalized spacial score (nSPS) is 11.1. The first-order valence-corrected chi connectivity index (χ1v) is 9.24. The first kappa shape index (κ1) is 17.6. The Morgan fingerprint density at radius 1 is 1.04 bits per heavy atom. The molecule has 134 valence electrons. The number of nitrogens with one attached hydrogen (secondary N) is 2. The van der Waals surface area contributed by atoms with Gasteiger partial charge in [0.15, 0.2) is 0 Å². The molecule has 0 bridgehead atoms. The van der Waals surface area contributed by atoms with Gasteiger partial charge in [0.1, 0.15) is 0 Å². The topological polar surface area (TPSA) is 119 Å². The summed E-state index contributed by atoms with van der Waals surface area (Å²) in [4.78, 5) is 11.9. The van der Waals surface area contributed by atoms with E-state index in [0.29, 0.717) is 11.4 Å². The average Bonchev–Trinajstić information content (AvgIpc) is 3.09. The fourth-order valence-electron chi connectivity index (χ4n) is 2.25. The summed E-state index contributed by atoms with van der Waals surface area (Å²) in [5, 5.41) is 14.7. The van der Waals surface area contributed by atoms with Gasteiger partial charge < -0.3 is 10.6 Å². The number of hydrogen-bond donors (Lipinski definition) is 3. The molecule has 2 aromatic carbocycles. The molecule has 0 atom stereocenters. The average molecular weight is 371 g/mol. The van der Waals surface area contributed by atoms with E-state index in [9.17, 15) is 13.2 Å². The van der Waals surface area contributed by atoms with Crippen LogP contribution in [-0.2, 0) is 16.6 Å². The van der Waals surface area contributed by atoms with Crippen LogP contribution in [0.15, 0.2) is 71.8 Å². The van der Waals surface area contributed by atoms with E-state index in [4.69, 9.17) is 5.14 Å². The maximum atomic E-state index is 11.9. The number of anilines is 1. The monoisotopic (exact) mass is 371 g/mol. The van der Waals surface area contributed by atoms with Gasteiger partial charge >= 0.3 is 6.03 Å². The summed E-state index contributed by atoms with van der Waals surface area (Å²) in [6.45, 7) is 0.251. The number of carbonyl (C=O) groups excluding carboxylic acids is 1. The zero-order chi connectivity index (χ0) is 18.6. The van der Waals surface area contributed by atoms with Crippen LogP contribution in [0, 0.1) is 0 Å². The summed E-state index contributed by atoms with van der Waals surface area (Å²) in [7, 11) is -3.75. The standard InChI is InChI=1S/C17H17N5O3S/c18-26(24,25)16-8-6-13(7-9-16)20-17(23)19-12-14-10-11-22(21-14)15-4-2-1-3-5-15/h1-11H,12H2,(H2,18,24,25)(H2,19,20,23). The molecule has 0 radical (unpaired) electrons. The Bertz CT molecular complexity index is 998. The number of carbonyl (C=O) groups is 1. The van der Waals surface area contributed by atoms with E-state index < -0.39 is 16.1 Å². The number of sulfonamides is 1. The van der Waals surface area contributed by atoms with Crippen LogP contribution < -0.4 is 15.8 Å². The molecular formula is C17H17N5O3S. The Morgan fingerprint density at radius 2 is 1.73 bits per heavy atom. The Hall–Kier alpha value is -3.17. The van der Waals surface area contributed by atoms with E-state index in [1.807, 2.05) is 42.6 Å². The molecule has 2 amide bonds. The number of rotatable bonds is 5. The van der Waals surface area contributed by atoms with Gasteiger partial charge in [0.2, 0.25) is 10.0 Å². The van der Waals surface area contributed by atoms with Crippen molar-refractivity contribution in [1.82, 2.24) is 15.1 Å². The van der Waals surface area contributed by atoms with Crippen molar-refractivity contribution in [2.75, 3.05) is 5.32 Å². The van der Waals surface area contributed by atoms with Gasteiger partial charge in [-0.3, -0.25) is 0 Å². The van der Waals surface area contributed by atoms with Crippen molar-refractivity contribution in [3.8, 4) is 5.69 Å². The van der Waals surface area contributed by atoms with Crippen LogP contribution in [0.25, 0.3) is 5.69 Å². The number of nitrogens with two attached hydrogens (primary N) is 1. The first-order valence-electron chi connectivity index (χ1n) is 7.69. The summed E-state index contributed by atoms with van der Waals surface area (Å²) in [6.07, 6.45) is 1.82. The zero-order valence-corrected chi connectivity index (χ0v) is 14.5. The third-order valence-electron chi connectivity index (χ3n) is 3.54. The molecule has 1 heterocycles. The minimum Gasteiger partial charge on any atom is -0.332 e. The maximum Gasteiger partial charge on any atom is 0.319 e. The number of benzene rings is 2. The molecule has 0 saturated carbocycles. The lowest BCUT2D eigenvalue weighted by Crippen LogP contribution is -2.28. The summed E-state index contributed by atoms with van der Waals surface area (Å²) < 4.78 is 24.1. The SMILES string of the molecule is NS(=O)(=O)c1ccc(NC(=O)NCc2ccn(-c3ccccc3)n2)cc1. The van der Waals surface area contributed by atoms with Crippen molar-refractivity contribution in [3.05, 3.63) is 72.6 Å². The van der Waals surface area contributed by atoms with E-state index in [0.717, 1.165) is 5.69 Å². The van der Waals surface area contributed by atoms with Gasteiger partial charge in [-0.25, -0.2) is 23.0 Å². The van der Waals surface area contributed by atoms with Crippen LogP contribution in [0.4, 0.5) is 10.5 Å². The van der Waals surface area contributed by atoms with Gasteiger partial charge in [-0.05, 0) is 42.5 Å². The molecule has 9 heteroatoms. The van der Waals surface area contributed by atoms with Crippen LogP contribution >= 0.6 is 0 Å². The fraction of sp³-hybridized carbons (Fsp3) is 0.0588.